The molecule has 72 valence electrons. The monoisotopic (exact) mass is 194 g/mol. The van der Waals surface area contributed by atoms with Crippen molar-refractivity contribution >= 4 is 0 Å². The van der Waals surface area contributed by atoms with Gasteiger partial charge in [0.25, 0.3) is 0 Å². The molecule has 0 aliphatic rings. The molecule has 0 N–H and O–H groups in total. The Balaban J connectivity index is 2.29. The van der Waals surface area contributed by atoms with Crippen molar-refractivity contribution in [3.63, 3.8) is 0 Å². The Morgan fingerprint density at radius 3 is 2.47 bits per heavy atom. The van der Waals surface area contributed by atoms with E-state index < -0.39 is 0 Å². The molecule has 0 radical (unpaired) electrons. The van der Waals surface area contributed by atoms with Gasteiger partial charge in [0.2, 0.25) is 6.54 Å². The van der Waals surface area contributed by atoms with E-state index in [1.807, 2.05) is 42.5 Å². The number of hydrogen-bond acceptors (Lipinski definition) is 1. The zero-order valence-corrected chi connectivity index (χ0v) is 8.22. The number of aromatic nitrogens is 1. The van der Waals surface area contributed by atoms with E-state index in [1.165, 1.54) is 0 Å². The molecule has 0 spiro atoms. The van der Waals surface area contributed by atoms with Crippen molar-refractivity contribution in [1.82, 2.24) is 4.98 Å². The molecule has 0 aliphatic heterocycles. The Kier molecular flexibility index (Phi) is 2.75. The van der Waals surface area contributed by atoms with Gasteiger partial charge in [0.15, 0.2) is 0 Å². The van der Waals surface area contributed by atoms with Gasteiger partial charge in [-0.05, 0) is 12.1 Å². The number of hydrogen-bond donors (Lipinski definition) is 0. The molecular formula is C13H10N2. The SMILES string of the molecule is [C-]#[N+]Cc1ccc(-c2ccccc2)nc1. The lowest BCUT2D eigenvalue weighted by Gasteiger charge is -1.99. The Labute approximate surface area is 89.0 Å². The fourth-order valence-electron chi connectivity index (χ4n) is 1.39. The van der Waals surface area contributed by atoms with Crippen LogP contribution in [0.3, 0.4) is 0 Å². The van der Waals surface area contributed by atoms with Crippen LogP contribution >= 0.6 is 0 Å². The van der Waals surface area contributed by atoms with Crippen molar-refractivity contribution in [1.29, 1.82) is 0 Å². The summed E-state index contributed by atoms with van der Waals surface area (Å²) in [5.41, 5.74) is 3.01. The Bertz CT molecular complexity index is 466. The number of nitrogens with zero attached hydrogens (tertiary/aromatic N) is 2. The lowest BCUT2D eigenvalue weighted by Crippen LogP contribution is -1.85. The maximum absolute atomic E-state index is 6.76. The van der Waals surface area contributed by atoms with Crippen LogP contribution in [0.15, 0.2) is 48.7 Å². The van der Waals surface area contributed by atoms with Crippen LogP contribution in [0.5, 0.6) is 0 Å². The average Bonchev–Trinajstić information content (AvgIpc) is 2.32. The van der Waals surface area contributed by atoms with Gasteiger partial charge in [0, 0.05) is 17.3 Å². The van der Waals surface area contributed by atoms with E-state index >= 15 is 0 Å². The van der Waals surface area contributed by atoms with Crippen LogP contribution in [0.25, 0.3) is 16.1 Å². The van der Waals surface area contributed by atoms with E-state index in [-0.39, 0.29) is 0 Å². The van der Waals surface area contributed by atoms with Gasteiger partial charge >= 0.3 is 0 Å². The highest BCUT2D eigenvalue weighted by Gasteiger charge is 1.99. The third-order valence-corrected chi connectivity index (χ3v) is 2.16. The van der Waals surface area contributed by atoms with Gasteiger partial charge in [-0.2, -0.15) is 0 Å². The molecule has 2 rings (SSSR count). The number of pyridine rings is 1. The van der Waals surface area contributed by atoms with Crippen molar-refractivity contribution in [3.8, 4) is 11.3 Å². The molecule has 0 saturated heterocycles. The van der Waals surface area contributed by atoms with E-state index in [2.05, 4.69) is 9.83 Å². The molecule has 15 heavy (non-hydrogen) atoms. The van der Waals surface area contributed by atoms with Crippen molar-refractivity contribution in [3.05, 3.63) is 65.6 Å². The summed E-state index contributed by atoms with van der Waals surface area (Å²) in [4.78, 5) is 7.64. The summed E-state index contributed by atoms with van der Waals surface area (Å²) >= 11 is 0. The third kappa shape index (κ3) is 2.21. The zero-order chi connectivity index (χ0) is 10.5. The van der Waals surface area contributed by atoms with Crippen molar-refractivity contribution in [2.45, 2.75) is 6.54 Å². The molecule has 1 heterocycles. The molecular weight excluding hydrogens is 184 g/mol. The molecule has 0 fully saturated rings. The first kappa shape index (κ1) is 9.42. The highest BCUT2D eigenvalue weighted by Crippen LogP contribution is 2.16. The molecule has 2 nitrogen and oxygen atoms in total. The molecule has 0 saturated carbocycles. The van der Waals surface area contributed by atoms with Gasteiger partial charge < -0.3 is 4.85 Å². The largest absolute Gasteiger partial charge is 0.312 e. The van der Waals surface area contributed by atoms with Crippen LogP contribution in [0.2, 0.25) is 0 Å². The second-order valence-electron chi connectivity index (χ2n) is 3.23. The first-order valence-corrected chi connectivity index (χ1v) is 4.74. The lowest BCUT2D eigenvalue weighted by molar-refractivity contribution is 1.19. The Hall–Kier alpha value is -2.14. The minimum Gasteiger partial charge on any atom is -0.312 e. The van der Waals surface area contributed by atoms with Gasteiger partial charge in [0.1, 0.15) is 0 Å². The maximum atomic E-state index is 6.76. The molecule has 2 aromatic rings. The molecule has 1 aromatic heterocycles. The topological polar surface area (TPSA) is 17.2 Å². The second-order valence-corrected chi connectivity index (χ2v) is 3.23. The molecule has 1 aromatic carbocycles. The van der Waals surface area contributed by atoms with Crippen molar-refractivity contribution in [2.24, 2.45) is 0 Å². The van der Waals surface area contributed by atoms with Crippen LogP contribution in [-0.2, 0) is 6.54 Å². The summed E-state index contributed by atoms with van der Waals surface area (Å²) in [6.45, 7) is 7.16. The van der Waals surface area contributed by atoms with Gasteiger partial charge in [-0.1, -0.05) is 30.3 Å². The highest BCUT2D eigenvalue weighted by molar-refractivity contribution is 5.58. The van der Waals surface area contributed by atoms with Crippen LogP contribution in [0.4, 0.5) is 0 Å². The van der Waals surface area contributed by atoms with E-state index in [4.69, 9.17) is 6.57 Å². The van der Waals surface area contributed by atoms with Crippen LogP contribution in [0.1, 0.15) is 5.56 Å². The molecule has 2 heteroatoms. The first-order valence-electron chi connectivity index (χ1n) is 4.74. The lowest BCUT2D eigenvalue weighted by atomic mass is 10.1. The predicted octanol–water partition coefficient (Wildman–Crippen LogP) is 3.17. The summed E-state index contributed by atoms with van der Waals surface area (Å²) in [5, 5.41) is 0. The second kappa shape index (κ2) is 4.39. The molecule has 0 amide bonds. The zero-order valence-electron chi connectivity index (χ0n) is 8.22. The van der Waals surface area contributed by atoms with Crippen molar-refractivity contribution < 1.29 is 0 Å². The van der Waals surface area contributed by atoms with E-state index in [1.54, 1.807) is 6.20 Å². The minimum atomic E-state index is 0.405. The smallest absolute Gasteiger partial charge is 0.241 e. The highest BCUT2D eigenvalue weighted by atomic mass is 14.7. The number of benzene rings is 1. The fourth-order valence-corrected chi connectivity index (χ4v) is 1.39. The molecule has 0 unspecified atom stereocenters. The Morgan fingerprint density at radius 1 is 1.07 bits per heavy atom. The van der Waals surface area contributed by atoms with Crippen LogP contribution in [-0.4, -0.2) is 4.98 Å². The normalized spacial score (nSPS) is 9.53. The quantitative estimate of drug-likeness (QED) is 0.671. The maximum Gasteiger partial charge on any atom is 0.241 e. The average molecular weight is 194 g/mol. The first-order chi connectivity index (χ1) is 7.40. The predicted molar refractivity (Wildman–Crippen MR) is 60.0 cm³/mol. The minimum absolute atomic E-state index is 0.405. The summed E-state index contributed by atoms with van der Waals surface area (Å²) < 4.78 is 0. The summed E-state index contributed by atoms with van der Waals surface area (Å²) in [6.07, 6.45) is 1.76. The van der Waals surface area contributed by atoms with E-state index in [9.17, 15) is 0 Å². The molecule has 0 atom stereocenters. The third-order valence-electron chi connectivity index (χ3n) is 2.16. The van der Waals surface area contributed by atoms with Gasteiger partial charge in [-0.3, -0.25) is 4.98 Å². The van der Waals surface area contributed by atoms with E-state index in [0.29, 0.717) is 6.54 Å². The van der Waals surface area contributed by atoms with Gasteiger partial charge in [-0.15, -0.1) is 0 Å². The molecule has 0 aliphatic carbocycles. The van der Waals surface area contributed by atoms with Crippen LogP contribution in [0, 0.1) is 6.57 Å². The Morgan fingerprint density at radius 2 is 1.87 bits per heavy atom. The number of rotatable bonds is 2. The van der Waals surface area contributed by atoms with Gasteiger partial charge in [0.05, 0.1) is 5.69 Å². The summed E-state index contributed by atoms with van der Waals surface area (Å²) in [7, 11) is 0. The van der Waals surface area contributed by atoms with E-state index in [0.717, 1.165) is 16.8 Å². The summed E-state index contributed by atoms with van der Waals surface area (Å²) in [6, 6.07) is 13.9. The van der Waals surface area contributed by atoms with Crippen molar-refractivity contribution in [2.75, 3.05) is 0 Å². The van der Waals surface area contributed by atoms with Crippen LogP contribution < -0.4 is 0 Å². The standard InChI is InChI=1S/C13H10N2/c1-14-9-11-7-8-13(15-10-11)12-5-3-2-4-6-12/h2-8,10H,9H2. The van der Waals surface area contributed by atoms with Gasteiger partial charge in [-0.25, -0.2) is 6.57 Å². The molecule has 0 bridgehead atoms. The fraction of sp³-hybridized carbons (Fsp3) is 0.0769. The summed E-state index contributed by atoms with van der Waals surface area (Å²) in [5.74, 6) is 0.